The predicted octanol–water partition coefficient (Wildman–Crippen LogP) is 4.56. The number of rotatable bonds is 5. The maximum Gasteiger partial charge on any atom is 0.274 e. The molecular formula is C15H14ClFN2O2. The fraction of sp³-hybridized carbons (Fsp3) is 0.200. The lowest BCUT2D eigenvalue weighted by molar-refractivity contribution is -0.385. The largest absolute Gasteiger partial charge is 0.381 e. The molecule has 21 heavy (non-hydrogen) atoms. The van der Waals surface area contributed by atoms with Crippen molar-refractivity contribution < 1.29 is 9.31 Å². The first-order valence-electron chi connectivity index (χ1n) is 6.46. The summed E-state index contributed by atoms with van der Waals surface area (Å²) in [5.74, 6) is -0.408. The number of benzene rings is 2. The Balaban J connectivity index is 2.16. The van der Waals surface area contributed by atoms with Gasteiger partial charge in [0.1, 0.15) is 5.82 Å². The van der Waals surface area contributed by atoms with Crippen molar-refractivity contribution in [3.63, 3.8) is 0 Å². The van der Waals surface area contributed by atoms with Crippen LogP contribution < -0.4 is 5.32 Å². The molecule has 0 aliphatic rings. The van der Waals surface area contributed by atoms with Crippen LogP contribution in [0, 0.1) is 15.9 Å². The molecule has 1 N–H and O–H groups in total. The first-order valence-corrected chi connectivity index (χ1v) is 6.84. The van der Waals surface area contributed by atoms with E-state index in [-0.39, 0.29) is 12.2 Å². The van der Waals surface area contributed by atoms with Gasteiger partial charge in [-0.1, -0.05) is 30.7 Å². The van der Waals surface area contributed by atoms with Crippen molar-refractivity contribution >= 4 is 23.0 Å². The van der Waals surface area contributed by atoms with Gasteiger partial charge in [-0.2, -0.15) is 0 Å². The molecule has 0 unspecified atom stereocenters. The zero-order valence-corrected chi connectivity index (χ0v) is 12.2. The monoisotopic (exact) mass is 308 g/mol. The van der Waals surface area contributed by atoms with Crippen molar-refractivity contribution in [2.45, 2.75) is 19.9 Å². The van der Waals surface area contributed by atoms with Gasteiger partial charge < -0.3 is 5.32 Å². The van der Waals surface area contributed by atoms with Crippen molar-refractivity contribution in [2.75, 3.05) is 5.32 Å². The average Bonchev–Trinajstić information content (AvgIpc) is 2.46. The highest BCUT2D eigenvalue weighted by Gasteiger charge is 2.13. The van der Waals surface area contributed by atoms with Crippen molar-refractivity contribution in [1.29, 1.82) is 0 Å². The van der Waals surface area contributed by atoms with Gasteiger partial charge in [-0.15, -0.1) is 0 Å². The number of hydrogen-bond acceptors (Lipinski definition) is 3. The Morgan fingerprint density at radius 1 is 1.24 bits per heavy atom. The Morgan fingerprint density at radius 3 is 2.57 bits per heavy atom. The highest BCUT2D eigenvalue weighted by molar-refractivity contribution is 6.30. The lowest BCUT2D eigenvalue weighted by Gasteiger charge is -2.09. The van der Waals surface area contributed by atoms with Crippen LogP contribution in [0.3, 0.4) is 0 Å². The molecule has 4 nitrogen and oxygen atoms in total. The number of nitro benzene ring substituents is 1. The molecule has 6 heteroatoms. The van der Waals surface area contributed by atoms with Crippen LogP contribution in [0.5, 0.6) is 0 Å². The van der Waals surface area contributed by atoms with Gasteiger partial charge >= 0.3 is 0 Å². The summed E-state index contributed by atoms with van der Waals surface area (Å²) in [7, 11) is 0. The van der Waals surface area contributed by atoms with E-state index in [1.807, 2.05) is 6.92 Å². The van der Waals surface area contributed by atoms with Crippen LogP contribution in [0.4, 0.5) is 15.8 Å². The van der Waals surface area contributed by atoms with Gasteiger partial charge in [0.05, 0.1) is 4.92 Å². The number of nitrogens with one attached hydrogen (secondary N) is 1. The minimum absolute atomic E-state index is 0.0686. The van der Waals surface area contributed by atoms with Crippen molar-refractivity contribution in [3.05, 3.63) is 68.5 Å². The number of anilines is 1. The van der Waals surface area contributed by atoms with Crippen LogP contribution in [-0.2, 0) is 13.0 Å². The van der Waals surface area contributed by atoms with E-state index in [0.29, 0.717) is 28.3 Å². The van der Waals surface area contributed by atoms with Crippen LogP contribution in [-0.4, -0.2) is 4.92 Å². The maximum atomic E-state index is 13.6. The summed E-state index contributed by atoms with van der Waals surface area (Å²) < 4.78 is 13.6. The van der Waals surface area contributed by atoms with Crippen molar-refractivity contribution in [3.8, 4) is 0 Å². The fourth-order valence-electron chi connectivity index (χ4n) is 2.01. The molecule has 2 aromatic rings. The topological polar surface area (TPSA) is 55.2 Å². The molecule has 0 spiro atoms. The number of hydrogen-bond donors (Lipinski definition) is 1. The van der Waals surface area contributed by atoms with E-state index in [1.165, 1.54) is 12.1 Å². The average molecular weight is 309 g/mol. The molecule has 0 heterocycles. The molecule has 0 aliphatic heterocycles. The van der Waals surface area contributed by atoms with Crippen LogP contribution in [0.1, 0.15) is 18.1 Å². The van der Waals surface area contributed by atoms with Gasteiger partial charge in [0.2, 0.25) is 0 Å². The number of halogens is 2. The summed E-state index contributed by atoms with van der Waals surface area (Å²) in [5, 5.41) is 14.3. The second-order valence-corrected chi connectivity index (χ2v) is 4.98. The van der Waals surface area contributed by atoms with Gasteiger partial charge in [0, 0.05) is 34.4 Å². The highest BCUT2D eigenvalue weighted by Crippen LogP contribution is 2.24. The Hall–Kier alpha value is -2.14. The first-order chi connectivity index (χ1) is 10.0. The molecule has 0 atom stereocenters. The minimum atomic E-state index is -0.410. The molecule has 0 fully saturated rings. The summed E-state index contributed by atoms with van der Waals surface area (Å²) in [4.78, 5) is 10.6. The summed E-state index contributed by atoms with van der Waals surface area (Å²) in [6, 6.07) is 9.34. The molecule has 0 saturated heterocycles. The number of nitrogens with zero attached hydrogens (tertiary/aromatic N) is 1. The summed E-state index contributed by atoms with van der Waals surface area (Å²) in [6.45, 7) is 2.09. The first kappa shape index (κ1) is 15.3. The van der Waals surface area contributed by atoms with Crippen molar-refractivity contribution in [2.24, 2.45) is 0 Å². The van der Waals surface area contributed by atoms with Crippen molar-refractivity contribution in [1.82, 2.24) is 0 Å². The second-order valence-electron chi connectivity index (χ2n) is 4.54. The lowest BCUT2D eigenvalue weighted by atomic mass is 10.1. The van der Waals surface area contributed by atoms with Gasteiger partial charge in [0.15, 0.2) is 0 Å². The van der Waals surface area contributed by atoms with Crippen LogP contribution in [0.25, 0.3) is 0 Å². The fourth-order valence-corrected chi connectivity index (χ4v) is 2.16. The third-order valence-electron chi connectivity index (χ3n) is 3.16. The molecule has 0 bridgehead atoms. The quantitative estimate of drug-likeness (QED) is 0.650. The maximum absolute atomic E-state index is 13.6. The Kier molecular flexibility index (Phi) is 4.75. The Morgan fingerprint density at radius 2 is 1.95 bits per heavy atom. The molecule has 0 radical (unpaired) electrons. The molecule has 2 aromatic carbocycles. The minimum Gasteiger partial charge on any atom is -0.381 e. The summed E-state index contributed by atoms with van der Waals surface area (Å²) in [5.41, 5.74) is 1.76. The Labute approximate surface area is 126 Å². The van der Waals surface area contributed by atoms with Gasteiger partial charge in [-0.25, -0.2) is 4.39 Å². The zero-order valence-electron chi connectivity index (χ0n) is 11.4. The van der Waals surface area contributed by atoms with E-state index >= 15 is 0 Å². The summed E-state index contributed by atoms with van der Waals surface area (Å²) >= 11 is 5.69. The standard InChI is InChI=1S/C15H14ClFN2O2/c1-2-10-4-6-13(8-15(10)19(20)21)18-9-11-3-5-12(16)7-14(11)17/h3-8,18H,2,9H2,1H3. The van der Waals surface area contributed by atoms with E-state index in [9.17, 15) is 14.5 Å². The third-order valence-corrected chi connectivity index (χ3v) is 3.40. The van der Waals surface area contributed by atoms with Crippen LogP contribution >= 0.6 is 11.6 Å². The Bertz CT molecular complexity index is 677. The molecule has 0 amide bonds. The van der Waals surface area contributed by atoms with Gasteiger partial charge in [0.25, 0.3) is 5.69 Å². The molecule has 0 saturated carbocycles. The van der Waals surface area contributed by atoms with Gasteiger partial charge in [-0.05, 0) is 24.6 Å². The number of aryl methyl sites for hydroxylation is 1. The van der Waals surface area contributed by atoms with E-state index in [2.05, 4.69) is 5.32 Å². The molecule has 110 valence electrons. The third kappa shape index (κ3) is 3.70. The molecule has 0 aliphatic carbocycles. The highest BCUT2D eigenvalue weighted by atomic mass is 35.5. The molecular weight excluding hydrogens is 295 g/mol. The number of nitro groups is 1. The van der Waals surface area contributed by atoms with E-state index in [0.717, 1.165) is 0 Å². The predicted molar refractivity (Wildman–Crippen MR) is 81.2 cm³/mol. The smallest absolute Gasteiger partial charge is 0.274 e. The van der Waals surface area contributed by atoms with E-state index in [4.69, 9.17) is 11.6 Å². The molecule has 0 aromatic heterocycles. The lowest BCUT2D eigenvalue weighted by Crippen LogP contribution is -2.03. The van der Waals surface area contributed by atoms with Crippen LogP contribution in [0.2, 0.25) is 5.02 Å². The second kappa shape index (κ2) is 6.54. The SMILES string of the molecule is CCc1ccc(NCc2ccc(Cl)cc2F)cc1[N+](=O)[O-]. The summed E-state index contributed by atoms with van der Waals surface area (Å²) in [6.07, 6.45) is 0.586. The normalized spacial score (nSPS) is 10.4. The van der Waals surface area contributed by atoms with E-state index < -0.39 is 10.7 Å². The van der Waals surface area contributed by atoms with Gasteiger partial charge in [-0.3, -0.25) is 10.1 Å². The zero-order chi connectivity index (χ0) is 15.4. The van der Waals surface area contributed by atoms with Crippen LogP contribution in [0.15, 0.2) is 36.4 Å². The molecule has 2 rings (SSSR count). The van der Waals surface area contributed by atoms with E-state index in [1.54, 1.807) is 24.3 Å².